The van der Waals surface area contributed by atoms with E-state index >= 15 is 0 Å². The first-order chi connectivity index (χ1) is 8.50. The SMILES string of the molecule is CC(C)OCCCNC(=O)c1cc(Cl)ccc1F. The molecular formula is C13H17ClFNO2. The Kier molecular flexibility index (Phi) is 6.09. The van der Waals surface area contributed by atoms with Crippen LogP contribution in [0, 0.1) is 5.82 Å². The van der Waals surface area contributed by atoms with Crippen molar-refractivity contribution in [3.63, 3.8) is 0 Å². The highest BCUT2D eigenvalue weighted by atomic mass is 35.5. The highest BCUT2D eigenvalue weighted by Gasteiger charge is 2.11. The zero-order valence-electron chi connectivity index (χ0n) is 10.5. The fraction of sp³-hybridized carbons (Fsp3) is 0.462. The molecule has 0 saturated carbocycles. The maximum atomic E-state index is 13.4. The molecule has 1 aromatic rings. The van der Waals surface area contributed by atoms with E-state index in [0.717, 1.165) is 0 Å². The Morgan fingerprint density at radius 1 is 1.50 bits per heavy atom. The first-order valence-electron chi connectivity index (χ1n) is 5.85. The average molecular weight is 274 g/mol. The monoisotopic (exact) mass is 273 g/mol. The maximum absolute atomic E-state index is 13.4. The zero-order valence-corrected chi connectivity index (χ0v) is 11.3. The fourth-order valence-electron chi connectivity index (χ4n) is 1.36. The molecule has 100 valence electrons. The van der Waals surface area contributed by atoms with E-state index in [9.17, 15) is 9.18 Å². The summed E-state index contributed by atoms with van der Waals surface area (Å²) in [5.41, 5.74) is -0.0349. The van der Waals surface area contributed by atoms with Crippen molar-refractivity contribution in [1.29, 1.82) is 0 Å². The van der Waals surface area contributed by atoms with Crippen LogP contribution in [-0.4, -0.2) is 25.2 Å². The molecule has 0 fully saturated rings. The predicted molar refractivity (Wildman–Crippen MR) is 69.4 cm³/mol. The summed E-state index contributed by atoms with van der Waals surface area (Å²) in [5.74, 6) is -1.03. The van der Waals surface area contributed by atoms with Crippen LogP contribution in [0.25, 0.3) is 0 Å². The molecular weight excluding hydrogens is 257 g/mol. The Bertz CT molecular complexity index is 410. The second kappa shape index (κ2) is 7.34. The van der Waals surface area contributed by atoms with Crippen LogP contribution < -0.4 is 5.32 Å². The molecule has 0 aliphatic heterocycles. The van der Waals surface area contributed by atoms with Gasteiger partial charge in [-0.3, -0.25) is 4.79 Å². The van der Waals surface area contributed by atoms with Gasteiger partial charge in [0.15, 0.2) is 0 Å². The summed E-state index contributed by atoms with van der Waals surface area (Å²) in [5, 5.41) is 2.96. The van der Waals surface area contributed by atoms with Crippen LogP contribution in [0.1, 0.15) is 30.6 Å². The summed E-state index contributed by atoms with van der Waals surface area (Å²) < 4.78 is 18.7. The Morgan fingerprint density at radius 2 is 2.22 bits per heavy atom. The van der Waals surface area contributed by atoms with Crippen molar-refractivity contribution in [2.24, 2.45) is 0 Å². The van der Waals surface area contributed by atoms with Gasteiger partial charge in [-0.15, -0.1) is 0 Å². The van der Waals surface area contributed by atoms with Gasteiger partial charge in [-0.2, -0.15) is 0 Å². The number of ether oxygens (including phenoxy) is 1. The number of amides is 1. The number of benzene rings is 1. The van der Waals surface area contributed by atoms with Gasteiger partial charge < -0.3 is 10.1 Å². The number of halogens is 2. The van der Waals surface area contributed by atoms with Gasteiger partial charge in [-0.05, 0) is 38.5 Å². The first kappa shape index (κ1) is 14.9. The van der Waals surface area contributed by atoms with Crippen LogP contribution in [0.3, 0.4) is 0 Å². The van der Waals surface area contributed by atoms with E-state index in [-0.39, 0.29) is 11.7 Å². The second-order valence-corrected chi connectivity index (χ2v) is 4.59. The van der Waals surface area contributed by atoms with Crippen molar-refractivity contribution < 1.29 is 13.9 Å². The number of rotatable bonds is 6. The Labute approximate surface area is 111 Å². The molecule has 0 aliphatic carbocycles. The van der Waals surface area contributed by atoms with Crippen LogP contribution in [0.4, 0.5) is 4.39 Å². The van der Waals surface area contributed by atoms with E-state index < -0.39 is 11.7 Å². The van der Waals surface area contributed by atoms with E-state index in [1.807, 2.05) is 13.8 Å². The zero-order chi connectivity index (χ0) is 13.5. The summed E-state index contributed by atoms with van der Waals surface area (Å²) >= 11 is 5.71. The lowest BCUT2D eigenvalue weighted by Gasteiger charge is -2.08. The minimum atomic E-state index is -0.574. The molecule has 1 aromatic carbocycles. The third-order valence-electron chi connectivity index (χ3n) is 2.23. The van der Waals surface area contributed by atoms with Gasteiger partial charge in [0.25, 0.3) is 5.91 Å². The van der Waals surface area contributed by atoms with Crippen molar-refractivity contribution in [3.05, 3.63) is 34.6 Å². The largest absolute Gasteiger partial charge is 0.379 e. The van der Waals surface area contributed by atoms with Crippen LogP contribution in [0.5, 0.6) is 0 Å². The van der Waals surface area contributed by atoms with Gasteiger partial charge in [0.1, 0.15) is 5.82 Å². The summed E-state index contributed by atoms with van der Waals surface area (Å²) in [6.07, 6.45) is 0.859. The lowest BCUT2D eigenvalue weighted by molar-refractivity contribution is 0.0756. The van der Waals surface area contributed by atoms with Crippen LogP contribution >= 0.6 is 11.6 Å². The fourth-order valence-corrected chi connectivity index (χ4v) is 1.53. The number of carbonyl (C=O) groups excluding carboxylic acids is 1. The Hall–Kier alpha value is -1.13. The molecule has 1 N–H and O–H groups in total. The molecule has 1 amide bonds. The summed E-state index contributed by atoms with van der Waals surface area (Å²) in [6.45, 7) is 4.90. The van der Waals surface area contributed by atoms with Crippen LogP contribution in [0.15, 0.2) is 18.2 Å². The Morgan fingerprint density at radius 3 is 2.89 bits per heavy atom. The van der Waals surface area contributed by atoms with Crippen molar-refractivity contribution in [2.45, 2.75) is 26.4 Å². The van der Waals surface area contributed by atoms with Gasteiger partial charge in [0.2, 0.25) is 0 Å². The minimum Gasteiger partial charge on any atom is -0.379 e. The van der Waals surface area contributed by atoms with Crippen LogP contribution in [-0.2, 0) is 4.74 Å². The lowest BCUT2D eigenvalue weighted by atomic mass is 10.2. The molecule has 0 atom stereocenters. The molecule has 0 radical (unpaired) electrons. The standard InChI is InChI=1S/C13H17ClFNO2/c1-9(2)18-7-3-6-16-13(17)11-8-10(14)4-5-12(11)15/h4-5,8-9H,3,6-7H2,1-2H3,(H,16,17). The van der Waals surface area contributed by atoms with Crippen molar-refractivity contribution in [3.8, 4) is 0 Å². The van der Waals surface area contributed by atoms with Crippen LogP contribution in [0.2, 0.25) is 5.02 Å². The third-order valence-corrected chi connectivity index (χ3v) is 2.47. The number of carbonyl (C=O) groups is 1. The van der Waals surface area contributed by atoms with Crippen molar-refractivity contribution in [1.82, 2.24) is 5.32 Å². The van der Waals surface area contributed by atoms with Gasteiger partial charge >= 0.3 is 0 Å². The van der Waals surface area contributed by atoms with E-state index in [4.69, 9.17) is 16.3 Å². The molecule has 1 rings (SSSR count). The summed E-state index contributed by atoms with van der Waals surface area (Å²) in [7, 11) is 0. The summed E-state index contributed by atoms with van der Waals surface area (Å²) in [4.78, 5) is 11.7. The molecule has 0 spiro atoms. The summed E-state index contributed by atoms with van der Waals surface area (Å²) in [6, 6.07) is 3.90. The molecule has 18 heavy (non-hydrogen) atoms. The molecule has 0 saturated heterocycles. The topological polar surface area (TPSA) is 38.3 Å². The number of hydrogen-bond donors (Lipinski definition) is 1. The molecule has 5 heteroatoms. The van der Waals surface area contributed by atoms with Gasteiger partial charge in [-0.25, -0.2) is 4.39 Å². The van der Waals surface area contributed by atoms with E-state index in [1.165, 1.54) is 18.2 Å². The molecule has 0 unspecified atom stereocenters. The van der Waals surface area contributed by atoms with E-state index in [2.05, 4.69) is 5.32 Å². The van der Waals surface area contributed by atoms with Crippen molar-refractivity contribution in [2.75, 3.05) is 13.2 Å². The number of nitrogens with one attached hydrogen (secondary N) is 1. The van der Waals surface area contributed by atoms with E-state index in [1.54, 1.807) is 0 Å². The maximum Gasteiger partial charge on any atom is 0.254 e. The quantitative estimate of drug-likeness (QED) is 0.809. The first-order valence-corrected chi connectivity index (χ1v) is 6.23. The minimum absolute atomic E-state index is 0.0349. The van der Waals surface area contributed by atoms with E-state index in [0.29, 0.717) is 24.6 Å². The highest BCUT2D eigenvalue weighted by molar-refractivity contribution is 6.30. The number of hydrogen-bond acceptors (Lipinski definition) is 2. The molecule has 0 bridgehead atoms. The Balaban J connectivity index is 2.39. The van der Waals surface area contributed by atoms with Crippen molar-refractivity contribution >= 4 is 17.5 Å². The molecule has 0 aromatic heterocycles. The predicted octanol–water partition coefficient (Wildman–Crippen LogP) is 3.02. The lowest BCUT2D eigenvalue weighted by Crippen LogP contribution is -2.26. The third kappa shape index (κ3) is 5.02. The average Bonchev–Trinajstić information content (AvgIpc) is 2.31. The normalized spacial score (nSPS) is 10.7. The molecule has 3 nitrogen and oxygen atoms in total. The molecule has 0 aliphatic rings. The highest BCUT2D eigenvalue weighted by Crippen LogP contribution is 2.14. The van der Waals surface area contributed by atoms with Gasteiger partial charge in [0.05, 0.1) is 11.7 Å². The van der Waals surface area contributed by atoms with Gasteiger partial charge in [0, 0.05) is 18.2 Å². The second-order valence-electron chi connectivity index (χ2n) is 4.15. The molecule has 0 heterocycles. The smallest absolute Gasteiger partial charge is 0.254 e. The van der Waals surface area contributed by atoms with Gasteiger partial charge in [-0.1, -0.05) is 11.6 Å².